The van der Waals surface area contributed by atoms with Gasteiger partial charge in [-0.05, 0) is 0 Å². The molecule has 0 aliphatic carbocycles. The van der Waals surface area contributed by atoms with Crippen LogP contribution in [0.15, 0.2) is 0 Å². The first-order valence-electron chi connectivity index (χ1n) is 5.51. The number of nitrogens with zero attached hydrogens (tertiary/aromatic N) is 2. The standard InChI is InChI=1S/C9H21Cl3N3P/c1-5-14(6-2)16(13,9(10,11)12)15(7-3)8-4/h13H,5-8H2,1-4H3. The second kappa shape index (κ2) is 6.82. The normalized spacial score (nSPS) is 13.8. The van der Waals surface area contributed by atoms with Gasteiger partial charge in [0.25, 0.3) is 0 Å². The molecule has 0 aliphatic heterocycles. The molecule has 0 aliphatic rings. The fraction of sp³-hybridized carbons (Fsp3) is 1.00. The summed E-state index contributed by atoms with van der Waals surface area (Å²) in [6.07, 6.45) is 0. The van der Waals surface area contributed by atoms with E-state index in [1.807, 2.05) is 37.0 Å². The Bertz CT molecular complexity index is 231. The molecule has 98 valence electrons. The number of hydrogen-bond acceptors (Lipinski definition) is 1. The highest BCUT2D eigenvalue weighted by molar-refractivity contribution is 7.68. The lowest BCUT2D eigenvalue weighted by Gasteiger charge is -2.44. The average Bonchev–Trinajstić information content (AvgIpc) is 2.19. The Kier molecular flexibility index (Phi) is 7.25. The van der Waals surface area contributed by atoms with Gasteiger partial charge >= 0.3 is 0 Å². The van der Waals surface area contributed by atoms with Gasteiger partial charge in [-0.1, -0.05) is 62.5 Å². The molecule has 1 N–H and O–H groups in total. The molecule has 0 spiro atoms. The third kappa shape index (κ3) is 3.28. The van der Waals surface area contributed by atoms with E-state index < -0.39 is 10.9 Å². The molecule has 3 nitrogen and oxygen atoms in total. The van der Waals surface area contributed by atoms with Crippen molar-refractivity contribution in [2.24, 2.45) is 0 Å². The molecule has 0 saturated carbocycles. The molecule has 0 aromatic rings. The molecule has 0 atom stereocenters. The van der Waals surface area contributed by atoms with E-state index in [0.29, 0.717) is 0 Å². The van der Waals surface area contributed by atoms with Crippen molar-refractivity contribution in [3.8, 4) is 0 Å². The van der Waals surface area contributed by atoms with E-state index in [2.05, 4.69) is 0 Å². The van der Waals surface area contributed by atoms with Crippen molar-refractivity contribution < 1.29 is 0 Å². The maximum absolute atomic E-state index is 8.65. The SMILES string of the molecule is CCN(CC)P(=N)(N(CC)CC)C(Cl)(Cl)Cl. The van der Waals surface area contributed by atoms with Gasteiger partial charge in [0.05, 0.1) is 0 Å². The predicted molar refractivity (Wildman–Crippen MR) is 75.8 cm³/mol. The van der Waals surface area contributed by atoms with Crippen LogP contribution < -0.4 is 0 Å². The monoisotopic (exact) mass is 307 g/mol. The van der Waals surface area contributed by atoms with Crippen molar-refractivity contribution in [1.29, 1.82) is 5.16 Å². The van der Waals surface area contributed by atoms with Crippen molar-refractivity contribution in [2.75, 3.05) is 26.2 Å². The highest BCUT2D eigenvalue weighted by Gasteiger charge is 2.46. The summed E-state index contributed by atoms with van der Waals surface area (Å²) in [6, 6.07) is 0. The van der Waals surface area contributed by atoms with E-state index in [1.54, 1.807) is 0 Å². The molecule has 0 fully saturated rings. The van der Waals surface area contributed by atoms with Gasteiger partial charge in [0.2, 0.25) is 3.53 Å². The van der Waals surface area contributed by atoms with Crippen molar-refractivity contribution in [2.45, 2.75) is 31.2 Å². The molecule has 16 heavy (non-hydrogen) atoms. The van der Waals surface area contributed by atoms with Crippen LogP contribution in [0.5, 0.6) is 0 Å². The molecule has 0 unspecified atom stereocenters. The Morgan fingerprint density at radius 2 is 1.12 bits per heavy atom. The van der Waals surface area contributed by atoms with Crippen molar-refractivity contribution in [1.82, 2.24) is 9.34 Å². The van der Waals surface area contributed by atoms with Gasteiger partial charge < -0.3 is 0 Å². The summed E-state index contributed by atoms with van der Waals surface area (Å²) in [4.78, 5) is 0. The molecule has 7 heteroatoms. The van der Waals surface area contributed by atoms with E-state index in [9.17, 15) is 0 Å². The van der Waals surface area contributed by atoms with Crippen LogP contribution in [0.4, 0.5) is 0 Å². The van der Waals surface area contributed by atoms with Gasteiger partial charge in [0, 0.05) is 26.2 Å². The molecule has 0 aromatic carbocycles. The average molecular weight is 309 g/mol. The smallest absolute Gasteiger partial charge is 0.250 e. The lowest BCUT2D eigenvalue weighted by molar-refractivity contribution is 0.410. The maximum Gasteiger partial charge on any atom is 0.250 e. The van der Waals surface area contributed by atoms with Gasteiger partial charge in [-0.2, -0.15) is 0 Å². The first-order chi connectivity index (χ1) is 7.29. The first kappa shape index (κ1) is 17.0. The van der Waals surface area contributed by atoms with Gasteiger partial charge in [-0.15, -0.1) is 0 Å². The molecular formula is C9H21Cl3N3P. The van der Waals surface area contributed by atoms with E-state index in [1.165, 1.54) is 0 Å². The van der Waals surface area contributed by atoms with Crippen molar-refractivity contribution in [3.63, 3.8) is 0 Å². The fourth-order valence-electron chi connectivity index (χ4n) is 1.77. The Labute approximate surface area is 114 Å². The van der Waals surface area contributed by atoms with E-state index >= 15 is 0 Å². The van der Waals surface area contributed by atoms with E-state index in [4.69, 9.17) is 40.0 Å². The lowest BCUT2D eigenvalue weighted by Crippen LogP contribution is -2.37. The Hall–Kier alpha value is 1.02. The number of alkyl halides is 3. The third-order valence-electron chi connectivity index (χ3n) is 2.63. The first-order valence-corrected chi connectivity index (χ1v) is 8.34. The topological polar surface area (TPSA) is 30.3 Å². The molecular weight excluding hydrogens is 287 g/mol. The van der Waals surface area contributed by atoms with Crippen LogP contribution >= 0.6 is 42.2 Å². The Morgan fingerprint density at radius 1 is 0.875 bits per heavy atom. The molecule has 0 aromatic heterocycles. The molecule has 0 amide bonds. The van der Waals surface area contributed by atoms with Crippen LogP contribution in [0.25, 0.3) is 0 Å². The van der Waals surface area contributed by atoms with Gasteiger partial charge in [0.15, 0.2) is 0 Å². The summed E-state index contributed by atoms with van der Waals surface area (Å²) in [7, 11) is -2.66. The van der Waals surface area contributed by atoms with Crippen molar-refractivity contribution in [3.05, 3.63) is 0 Å². The largest absolute Gasteiger partial charge is 0.286 e. The zero-order chi connectivity index (χ0) is 13.0. The zero-order valence-corrected chi connectivity index (χ0v) is 13.5. The van der Waals surface area contributed by atoms with E-state index in [0.717, 1.165) is 26.2 Å². The van der Waals surface area contributed by atoms with Crippen LogP contribution in [0.3, 0.4) is 0 Å². The van der Waals surface area contributed by atoms with Gasteiger partial charge in [0.1, 0.15) is 7.36 Å². The second-order valence-corrected chi connectivity index (χ2v) is 9.42. The van der Waals surface area contributed by atoms with E-state index in [-0.39, 0.29) is 0 Å². The summed E-state index contributed by atoms with van der Waals surface area (Å²) in [6.45, 7) is 10.9. The highest BCUT2D eigenvalue weighted by Crippen LogP contribution is 2.69. The number of halogens is 3. The lowest BCUT2D eigenvalue weighted by atomic mass is 10.7. The molecule has 0 radical (unpaired) electrons. The quantitative estimate of drug-likeness (QED) is 0.574. The van der Waals surface area contributed by atoms with Crippen LogP contribution in [0, 0.1) is 5.16 Å². The molecule has 0 heterocycles. The van der Waals surface area contributed by atoms with Crippen LogP contribution in [-0.4, -0.2) is 39.1 Å². The number of nitrogens with one attached hydrogen (secondary N) is 1. The third-order valence-corrected chi connectivity index (χ3v) is 8.23. The van der Waals surface area contributed by atoms with Gasteiger partial charge in [-0.3, -0.25) is 14.5 Å². The molecule has 0 bridgehead atoms. The zero-order valence-electron chi connectivity index (χ0n) is 10.3. The van der Waals surface area contributed by atoms with Crippen molar-refractivity contribution >= 4 is 42.2 Å². The summed E-state index contributed by atoms with van der Waals surface area (Å²) in [5, 5.41) is 8.65. The minimum atomic E-state index is -2.66. The molecule has 0 rings (SSSR count). The number of hydrogen-bond donors (Lipinski definition) is 1. The summed E-state index contributed by atoms with van der Waals surface area (Å²) < 4.78 is 2.38. The number of rotatable bonds is 6. The minimum absolute atomic E-state index is 0.720. The predicted octanol–water partition coefficient (Wildman–Crippen LogP) is 4.61. The van der Waals surface area contributed by atoms with Crippen LogP contribution in [-0.2, 0) is 0 Å². The summed E-state index contributed by atoms with van der Waals surface area (Å²) in [5.74, 6) is 0. The van der Waals surface area contributed by atoms with Crippen LogP contribution in [0.1, 0.15) is 27.7 Å². The maximum atomic E-state index is 8.65. The van der Waals surface area contributed by atoms with Crippen LogP contribution in [0.2, 0.25) is 0 Å². The summed E-state index contributed by atoms with van der Waals surface area (Å²) >= 11 is 18.2. The van der Waals surface area contributed by atoms with Gasteiger partial charge in [-0.25, -0.2) is 0 Å². The second-order valence-electron chi connectivity index (χ2n) is 3.35. The Morgan fingerprint density at radius 3 is 1.25 bits per heavy atom. The Balaban J connectivity index is 5.43. The summed E-state index contributed by atoms with van der Waals surface area (Å²) in [5.41, 5.74) is 0. The molecule has 0 saturated heterocycles. The fourth-order valence-corrected chi connectivity index (χ4v) is 6.33. The highest BCUT2D eigenvalue weighted by atomic mass is 35.6. The minimum Gasteiger partial charge on any atom is -0.286 e.